The van der Waals surface area contributed by atoms with Crippen LogP contribution in [0.25, 0.3) is 0 Å². The van der Waals surface area contributed by atoms with Crippen molar-refractivity contribution in [3.8, 4) is 0 Å². The minimum atomic E-state index is -0.189. The van der Waals surface area contributed by atoms with Crippen molar-refractivity contribution >= 4 is 0 Å². The monoisotopic (exact) mass is 280 g/mol. The van der Waals surface area contributed by atoms with Crippen LogP contribution >= 0.6 is 0 Å². The van der Waals surface area contributed by atoms with Crippen molar-refractivity contribution < 1.29 is 4.39 Å². The molecule has 1 saturated heterocycles. The van der Waals surface area contributed by atoms with Gasteiger partial charge in [0.2, 0.25) is 0 Å². The van der Waals surface area contributed by atoms with Gasteiger partial charge in [-0.1, -0.05) is 17.7 Å². The minimum Gasteiger partial charge on any atom is -0.304 e. The lowest BCUT2D eigenvalue weighted by Gasteiger charge is -2.39. The smallest absolute Gasteiger partial charge is 0.128 e. The molecular weight excluding hydrogens is 255 g/mol. The lowest BCUT2D eigenvalue weighted by atomic mass is 9.96. The molecule has 1 aromatic rings. The van der Waals surface area contributed by atoms with Gasteiger partial charge in [-0.3, -0.25) is 11.3 Å². The van der Waals surface area contributed by atoms with E-state index in [9.17, 15) is 4.39 Å². The molecule has 3 N–H and O–H groups in total. The van der Waals surface area contributed by atoms with Crippen LogP contribution in [-0.2, 0) is 0 Å². The molecule has 0 saturated carbocycles. The first-order valence-corrected chi connectivity index (χ1v) is 7.12. The summed E-state index contributed by atoms with van der Waals surface area (Å²) in [6, 6.07) is 5.41. The zero-order valence-electron chi connectivity index (χ0n) is 12.6. The average Bonchev–Trinajstić information content (AvgIpc) is 2.42. The second-order valence-corrected chi connectivity index (χ2v) is 5.88. The van der Waals surface area contributed by atoms with Gasteiger partial charge in [0.25, 0.3) is 0 Å². The number of hydrazine groups is 1. The quantitative estimate of drug-likeness (QED) is 0.644. The molecule has 4 nitrogen and oxygen atoms in total. The Bertz CT molecular complexity index is 451. The summed E-state index contributed by atoms with van der Waals surface area (Å²) in [5.41, 5.74) is 4.50. The van der Waals surface area contributed by atoms with Crippen LogP contribution in [0.2, 0.25) is 0 Å². The van der Waals surface area contributed by atoms with Crippen molar-refractivity contribution in [1.82, 2.24) is 15.2 Å². The summed E-state index contributed by atoms with van der Waals surface area (Å²) in [4.78, 5) is 4.64. The third-order valence-corrected chi connectivity index (χ3v) is 4.22. The Morgan fingerprint density at radius 2 is 2.15 bits per heavy atom. The fourth-order valence-electron chi connectivity index (χ4n) is 2.84. The number of hydrogen-bond donors (Lipinski definition) is 2. The van der Waals surface area contributed by atoms with Gasteiger partial charge in [-0.2, -0.15) is 0 Å². The number of likely N-dealkylation sites (N-methyl/N-ethyl adjacent to an activating group) is 2. The van der Waals surface area contributed by atoms with Gasteiger partial charge >= 0.3 is 0 Å². The van der Waals surface area contributed by atoms with Crippen molar-refractivity contribution in [2.24, 2.45) is 5.84 Å². The second kappa shape index (κ2) is 6.63. The number of hydrogen-bond acceptors (Lipinski definition) is 4. The van der Waals surface area contributed by atoms with Gasteiger partial charge in [-0.05, 0) is 33.5 Å². The van der Waals surface area contributed by atoms with Gasteiger partial charge in [0.15, 0.2) is 0 Å². The molecule has 1 aliphatic rings. The summed E-state index contributed by atoms with van der Waals surface area (Å²) in [7, 11) is 4.25. The Morgan fingerprint density at radius 3 is 2.85 bits per heavy atom. The number of nitrogens with one attached hydrogen (secondary N) is 1. The number of halogens is 1. The molecule has 2 unspecified atom stereocenters. The van der Waals surface area contributed by atoms with Gasteiger partial charge in [-0.15, -0.1) is 0 Å². The highest BCUT2D eigenvalue weighted by Gasteiger charge is 2.26. The van der Waals surface area contributed by atoms with E-state index in [-0.39, 0.29) is 11.9 Å². The SMILES string of the molecule is Cc1ccc(F)c(C(CC2CN(C)CCN2C)NN)c1. The molecule has 1 heterocycles. The fraction of sp³-hybridized carbons (Fsp3) is 0.600. The Kier molecular flexibility index (Phi) is 5.10. The average molecular weight is 280 g/mol. The molecule has 20 heavy (non-hydrogen) atoms. The van der Waals surface area contributed by atoms with Gasteiger partial charge in [0.05, 0.1) is 6.04 Å². The molecule has 0 aliphatic carbocycles. The molecule has 0 spiro atoms. The maximum absolute atomic E-state index is 14.0. The van der Waals surface area contributed by atoms with E-state index in [4.69, 9.17) is 5.84 Å². The third kappa shape index (κ3) is 3.55. The predicted octanol–water partition coefficient (Wildman–Crippen LogP) is 1.27. The largest absolute Gasteiger partial charge is 0.304 e. The third-order valence-electron chi connectivity index (χ3n) is 4.22. The summed E-state index contributed by atoms with van der Waals surface area (Å²) in [6.07, 6.45) is 0.803. The number of nitrogens with zero attached hydrogens (tertiary/aromatic N) is 2. The van der Waals surface area contributed by atoms with Gasteiger partial charge in [-0.25, -0.2) is 4.39 Å². The van der Waals surface area contributed by atoms with E-state index in [1.807, 2.05) is 13.0 Å². The first-order valence-electron chi connectivity index (χ1n) is 7.12. The van der Waals surface area contributed by atoms with Crippen molar-refractivity contribution in [1.29, 1.82) is 0 Å². The number of rotatable bonds is 4. The van der Waals surface area contributed by atoms with Crippen molar-refractivity contribution in [3.63, 3.8) is 0 Å². The predicted molar refractivity (Wildman–Crippen MR) is 79.7 cm³/mol. The number of nitrogens with two attached hydrogens (primary N) is 1. The number of piperazine rings is 1. The van der Waals surface area contributed by atoms with Gasteiger partial charge in [0.1, 0.15) is 5.82 Å². The van der Waals surface area contributed by atoms with Crippen LogP contribution in [-0.4, -0.2) is 49.6 Å². The summed E-state index contributed by atoms with van der Waals surface area (Å²) >= 11 is 0. The van der Waals surface area contributed by atoms with Gasteiger partial charge in [0, 0.05) is 31.2 Å². The molecule has 0 aromatic heterocycles. The topological polar surface area (TPSA) is 44.5 Å². The van der Waals surface area contributed by atoms with Crippen molar-refractivity contribution in [2.75, 3.05) is 33.7 Å². The van der Waals surface area contributed by atoms with Gasteiger partial charge < -0.3 is 9.80 Å². The fourth-order valence-corrected chi connectivity index (χ4v) is 2.84. The molecule has 0 amide bonds. The van der Waals surface area contributed by atoms with E-state index >= 15 is 0 Å². The zero-order chi connectivity index (χ0) is 14.7. The van der Waals surface area contributed by atoms with E-state index in [1.165, 1.54) is 6.07 Å². The molecule has 1 fully saturated rings. The summed E-state index contributed by atoms with van der Waals surface area (Å²) in [5, 5.41) is 0. The Hall–Kier alpha value is -1.01. The summed E-state index contributed by atoms with van der Waals surface area (Å²) in [6.45, 7) is 5.07. The van der Waals surface area contributed by atoms with Crippen LogP contribution in [0.5, 0.6) is 0 Å². The maximum Gasteiger partial charge on any atom is 0.128 e. The number of benzene rings is 1. The van der Waals surface area contributed by atoms with Crippen LogP contribution in [0.1, 0.15) is 23.6 Å². The van der Waals surface area contributed by atoms with E-state index in [0.29, 0.717) is 11.6 Å². The standard InChI is InChI=1S/C15H25FN4/c1-11-4-5-14(16)13(8-11)15(18-17)9-12-10-19(2)6-7-20(12)3/h4-5,8,12,15,18H,6-7,9-10,17H2,1-3H3. The normalized spacial score (nSPS) is 22.9. The summed E-state index contributed by atoms with van der Waals surface area (Å²) in [5.74, 6) is 5.48. The Morgan fingerprint density at radius 1 is 1.40 bits per heavy atom. The zero-order valence-corrected chi connectivity index (χ0v) is 12.6. The minimum absolute atomic E-state index is 0.158. The molecule has 2 rings (SSSR count). The van der Waals surface area contributed by atoms with E-state index < -0.39 is 0 Å². The molecule has 2 atom stereocenters. The van der Waals surface area contributed by atoms with Crippen molar-refractivity contribution in [3.05, 3.63) is 35.1 Å². The van der Waals surface area contributed by atoms with Crippen LogP contribution in [0.4, 0.5) is 4.39 Å². The lowest BCUT2D eigenvalue weighted by Crippen LogP contribution is -2.51. The molecule has 1 aliphatic heterocycles. The lowest BCUT2D eigenvalue weighted by molar-refractivity contribution is 0.101. The first kappa shape index (κ1) is 15.4. The highest BCUT2D eigenvalue weighted by atomic mass is 19.1. The highest BCUT2D eigenvalue weighted by molar-refractivity contribution is 5.27. The maximum atomic E-state index is 14.0. The molecule has 1 aromatic carbocycles. The van der Waals surface area contributed by atoms with Crippen LogP contribution in [0.15, 0.2) is 18.2 Å². The second-order valence-electron chi connectivity index (χ2n) is 5.88. The van der Waals surface area contributed by atoms with Crippen molar-refractivity contribution in [2.45, 2.75) is 25.4 Å². The first-order chi connectivity index (χ1) is 9.51. The molecule has 112 valence electrons. The molecule has 5 heteroatoms. The number of aryl methyl sites for hydroxylation is 1. The molecule has 0 radical (unpaired) electrons. The highest BCUT2D eigenvalue weighted by Crippen LogP contribution is 2.24. The Balaban J connectivity index is 2.13. The van der Waals surface area contributed by atoms with Crippen LogP contribution < -0.4 is 11.3 Å². The molecular formula is C15H25FN4. The molecule has 0 bridgehead atoms. The van der Waals surface area contributed by atoms with E-state index in [0.717, 1.165) is 31.6 Å². The van der Waals surface area contributed by atoms with E-state index in [1.54, 1.807) is 6.07 Å². The summed E-state index contributed by atoms with van der Waals surface area (Å²) < 4.78 is 14.0. The Labute approximate surface area is 120 Å². The van der Waals surface area contributed by atoms with Crippen LogP contribution in [0.3, 0.4) is 0 Å². The van der Waals surface area contributed by atoms with E-state index in [2.05, 4.69) is 29.3 Å². The van der Waals surface area contributed by atoms with Crippen LogP contribution in [0, 0.1) is 12.7 Å².